The van der Waals surface area contributed by atoms with E-state index in [9.17, 15) is 42.3 Å². The standard InChI is InChI=1S/C35H30F3N5O9/c1-16-11-26(45)30-20(31(16)46)13-23-18(29(30)19-12-17(5-6-25(19)44)52-35(36,37)38)7-10-42-33(48)41(34(49)43(23)42)9-8-21-32(47)40(2)24-15-28(51-4)27(50-3)14-22(24)39-21/h5-7,11-12,14-15,23,29,44H,8-10,13H2,1-4H3/t23-,29-/m1/s1. The summed E-state index contributed by atoms with van der Waals surface area (Å²) in [5.41, 5.74) is -0.783. The average Bonchev–Trinajstić information content (AvgIpc) is 3.35. The van der Waals surface area contributed by atoms with Gasteiger partial charge in [0.25, 0.3) is 5.56 Å². The summed E-state index contributed by atoms with van der Waals surface area (Å²) in [6.07, 6.45) is -2.68. The van der Waals surface area contributed by atoms with Crippen LogP contribution in [0.15, 0.2) is 79.2 Å². The number of hydrogen-bond acceptors (Lipinski definition) is 10. The summed E-state index contributed by atoms with van der Waals surface area (Å²) in [7, 11) is 4.46. The van der Waals surface area contributed by atoms with Gasteiger partial charge >= 0.3 is 17.7 Å². The number of methoxy groups -OCH3 is 2. The lowest BCUT2D eigenvalue weighted by atomic mass is 9.68. The van der Waals surface area contributed by atoms with E-state index in [0.29, 0.717) is 28.1 Å². The molecule has 1 N–H and O–H groups in total. The quantitative estimate of drug-likeness (QED) is 0.222. The maximum Gasteiger partial charge on any atom is 0.573 e. The van der Waals surface area contributed by atoms with Crippen molar-refractivity contribution >= 4 is 22.6 Å². The van der Waals surface area contributed by atoms with Gasteiger partial charge in [0.15, 0.2) is 23.1 Å². The van der Waals surface area contributed by atoms with Crippen LogP contribution in [0, 0.1) is 0 Å². The number of Topliss-reactive ketones (excluding diaryl/α,β-unsaturated/α-hetero) is 1. The normalized spacial score (nSPS) is 18.4. The Balaban J connectivity index is 1.30. The number of alkyl halides is 3. The number of ether oxygens (including phenoxy) is 3. The van der Waals surface area contributed by atoms with Crippen molar-refractivity contribution in [3.05, 3.63) is 107 Å². The summed E-state index contributed by atoms with van der Waals surface area (Å²) < 4.78 is 58.9. The average molecular weight is 722 g/mol. The Morgan fingerprint density at radius 2 is 1.71 bits per heavy atom. The van der Waals surface area contributed by atoms with E-state index >= 15 is 0 Å². The van der Waals surface area contributed by atoms with Gasteiger partial charge in [-0.3, -0.25) is 14.4 Å². The molecule has 0 radical (unpaired) electrons. The summed E-state index contributed by atoms with van der Waals surface area (Å²) >= 11 is 0. The van der Waals surface area contributed by atoms with Gasteiger partial charge in [0.2, 0.25) is 0 Å². The van der Waals surface area contributed by atoms with Crippen LogP contribution < -0.4 is 31.1 Å². The van der Waals surface area contributed by atoms with Crippen molar-refractivity contribution in [3.63, 3.8) is 0 Å². The van der Waals surface area contributed by atoms with Gasteiger partial charge in [-0.05, 0) is 36.8 Å². The molecule has 2 aromatic heterocycles. The van der Waals surface area contributed by atoms with Gasteiger partial charge in [0.1, 0.15) is 17.2 Å². The van der Waals surface area contributed by atoms with Gasteiger partial charge in [-0.15, -0.1) is 13.2 Å². The SMILES string of the molecule is COc1cc2nc(CCn3c(=O)n4n(c3=O)[C@@H]3CC5=C(C(=O)C=C(C)C5=O)[C@@H](c5cc(OC(F)(F)F)ccc5O)C3=CC4)c(=O)n(C)c2cc1OC. The largest absolute Gasteiger partial charge is 0.573 e. The van der Waals surface area contributed by atoms with E-state index in [1.165, 1.54) is 25.7 Å². The lowest BCUT2D eigenvalue weighted by Gasteiger charge is -2.39. The van der Waals surface area contributed by atoms with Crippen molar-refractivity contribution in [3.8, 4) is 23.0 Å². The number of fused-ring (bicyclic) bond motifs is 4. The number of aryl methyl sites for hydroxylation is 2. The van der Waals surface area contributed by atoms with E-state index in [1.807, 2.05) is 0 Å². The van der Waals surface area contributed by atoms with Gasteiger partial charge in [0.05, 0.1) is 37.8 Å². The lowest BCUT2D eigenvalue weighted by molar-refractivity contribution is -0.274. The molecular formula is C35H30F3N5O9. The Labute approximate surface area is 290 Å². The number of rotatable bonds is 7. The molecule has 270 valence electrons. The van der Waals surface area contributed by atoms with Crippen LogP contribution in [-0.4, -0.2) is 60.7 Å². The summed E-state index contributed by atoms with van der Waals surface area (Å²) in [5.74, 6) is -2.73. The first kappa shape index (κ1) is 34.3. The van der Waals surface area contributed by atoms with Gasteiger partial charge < -0.3 is 23.9 Å². The number of carbonyl (C=O) groups is 2. The van der Waals surface area contributed by atoms with Gasteiger partial charge in [-0.25, -0.2) is 28.5 Å². The van der Waals surface area contributed by atoms with E-state index in [4.69, 9.17) is 9.47 Å². The first-order chi connectivity index (χ1) is 24.6. The molecule has 7 rings (SSSR count). The van der Waals surface area contributed by atoms with Crippen LogP contribution in [0.25, 0.3) is 11.0 Å². The highest BCUT2D eigenvalue weighted by Gasteiger charge is 2.45. The summed E-state index contributed by atoms with van der Waals surface area (Å²) in [4.78, 5) is 72.6. The number of aromatic nitrogens is 5. The van der Waals surface area contributed by atoms with E-state index < -0.39 is 58.3 Å². The predicted octanol–water partition coefficient (Wildman–Crippen LogP) is 2.99. The second kappa shape index (κ2) is 12.3. The zero-order chi connectivity index (χ0) is 37.4. The summed E-state index contributed by atoms with van der Waals surface area (Å²) in [5, 5.41) is 10.9. The number of benzene rings is 2. The van der Waals surface area contributed by atoms with Crippen LogP contribution in [0.3, 0.4) is 0 Å². The minimum absolute atomic E-state index is 0.00941. The van der Waals surface area contributed by atoms with Crippen LogP contribution in [-0.2, 0) is 36.1 Å². The topological polar surface area (TPSA) is 166 Å². The number of carbonyl (C=O) groups excluding carboxylic acids is 2. The maximum atomic E-state index is 14.1. The van der Waals surface area contributed by atoms with E-state index in [1.54, 1.807) is 25.3 Å². The molecule has 0 unspecified atom stereocenters. The fourth-order valence-electron chi connectivity index (χ4n) is 7.30. The first-order valence-electron chi connectivity index (χ1n) is 16.0. The molecular weight excluding hydrogens is 691 g/mol. The molecule has 4 aromatic rings. The zero-order valence-electron chi connectivity index (χ0n) is 28.1. The number of halogens is 3. The van der Waals surface area contributed by atoms with E-state index in [-0.39, 0.29) is 53.9 Å². The van der Waals surface area contributed by atoms with Crippen LogP contribution in [0.5, 0.6) is 23.0 Å². The molecule has 2 aliphatic carbocycles. The fourth-order valence-corrected chi connectivity index (χ4v) is 7.30. The second-order valence-corrected chi connectivity index (χ2v) is 12.6. The van der Waals surface area contributed by atoms with Gasteiger partial charge in [-0.2, -0.15) is 0 Å². The van der Waals surface area contributed by atoms with Crippen molar-refractivity contribution in [1.29, 1.82) is 0 Å². The molecule has 1 aliphatic heterocycles. The molecule has 0 bridgehead atoms. The third-order valence-electron chi connectivity index (χ3n) is 9.67. The Hall–Kier alpha value is -6.13. The van der Waals surface area contributed by atoms with Crippen molar-refractivity contribution in [2.45, 2.75) is 51.2 Å². The molecule has 0 amide bonds. The summed E-state index contributed by atoms with van der Waals surface area (Å²) in [6.45, 7) is 1.01. The molecule has 3 heterocycles. The van der Waals surface area contributed by atoms with E-state index in [0.717, 1.165) is 38.2 Å². The molecule has 17 heteroatoms. The third kappa shape index (κ3) is 5.43. The monoisotopic (exact) mass is 721 g/mol. The summed E-state index contributed by atoms with van der Waals surface area (Å²) in [6, 6.07) is 4.99. The van der Waals surface area contributed by atoms with Crippen molar-refractivity contribution in [2.75, 3.05) is 14.2 Å². The minimum atomic E-state index is -5.06. The molecule has 2 aromatic carbocycles. The highest BCUT2D eigenvalue weighted by Crippen LogP contribution is 2.52. The second-order valence-electron chi connectivity index (χ2n) is 12.6. The molecule has 0 spiro atoms. The third-order valence-corrected chi connectivity index (χ3v) is 9.67. The number of hydrogen-bond donors (Lipinski definition) is 1. The number of phenolic OH excluding ortho intramolecular Hbond substituents is 1. The van der Waals surface area contributed by atoms with Crippen LogP contribution in [0.2, 0.25) is 0 Å². The van der Waals surface area contributed by atoms with Gasteiger partial charge in [0, 0.05) is 66.8 Å². The van der Waals surface area contributed by atoms with E-state index in [2.05, 4.69) is 9.72 Å². The first-order valence-corrected chi connectivity index (χ1v) is 16.0. The number of aromatic hydroxyl groups is 1. The smallest absolute Gasteiger partial charge is 0.508 e. The Morgan fingerprint density at radius 1 is 1.00 bits per heavy atom. The number of nitrogens with zero attached hydrogens (tertiary/aromatic N) is 5. The Kier molecular flexibility index (Phi) is 8.10. The van der Waals surface area contributed by atoms with Crippen molar-refractivity contribution in [2.24, 2.45) is 7.05 Å². The maximum absolute atomic E-state index is 14.1. The highest BCUT2D eigenvalue weighted by atomic mass is 19.4. The highest BCUT2D eigenvalue weighted by molar-refractivity contribution is 6.23. The molecule has 0 saturated heterocycles. The molecule has 14 nitrogen and oxygen atoms in total. The van der Waals surface area contributed by atoms with Crippen LogP contribution in [0.1, 0.15) is 36.6 Å². The van der Waals surface area contributed by atoms with Crippen molar-refractivity contribution in [1.82, 2.24) is 23.5 Å². The zero-order valence-corrected chi connectivity index (χ0v) is 28.1. The Morgan fingerprint density at radius 3 is 2.40 bits per heavy atom. The number of phenols is 1. The lowest BCUT2D eigenvalue weighted by Crippen LogP contribution is -2.40. The fraction of sp³-hybridized carbons (Fsp3) is 0.314. The predicted molar refractivity (Wildman–Crippen MR) is 177 cm³/mol. The van der Waals surface area contributed by atoms with Crippen LogP contribution in [0.4, 0.5) is 13.2 Å². The van der Waals surface area contributed by atoms with Crippen LogP contribution >= 0.6 is 0 Å². The minimum Gasteiger partial charge on any atom is -0.508 e. The number of allylic oxidation sites excluding steroid dienone is 6. The molecule has 0 fully saturated rings. The Bertz CT molecular complexity index is 2520. The van der Waals surface area contributed by atoms with Crippen molar-refractivity contribution < 1.29 is 42.1 Å². The molecule has 2 atom stereocenters. The molecule has 0 saturated carbocycles. The van der Waals surface area contributed by atoms with Gasteiger partial charge in [-0.1, -0.05) is 6.08 Å². The number of ketones is 2. The molecule has 52 heavy (non-hydrogen) atoms. The molecule has 3 aliphatic rings.